The minimum Gasteiger partial charge on any atom is -0.387 e. The average Bonchev–Trinajstić information content (AvgIpc) is 2.30. The number of hydrogen-bond acceptors (Lipinski definition) is 4. The Labute approximate surface area is 101 Å². The van der Waals surface area contributed by atoms with Gasteiger partial charge in [-0.25, -0.2) is 0 Å². The van der Waals surface area contributed by atoms with Gasteiger partial charge in [0.1, 0.15) is 0 Å². The Kier molecular flexibility index (Phi) is 4.86. The van der Waals surface area contributed by atoms with E-state index in [0.717, 1.165) is 28.7 Å². The maximum absolute atomic E-state index is 11.8. The number of hydrogen-bond donors (Lipinski definition) is 2. The molecule has 1 unspecified atom stereocenters. The van der Waals surface area contributed by atoms with Crippen molar-refractivity contribution in [1.29, 1.82) is 0 Å². The molecule has 2 N–H and O–H groups in total. The fourth-order valence-corrected chi connectivity index (χ4v) is 2.44. The summed E-state index contributed by atoms with van der Waals surface area (Å²) in [6.45, 7) is 4.59. The van der Waals surface area contributed by atoms with Crippen LogP contribution in [0, 0.1) is 5.92 Å². The molecule has 4 nitrogen and oxygen atoms in total. The molecule has 0 spiro atoms. The fourth-order valence-electron chi connectivity index (χ4n) is 1.57. The van der Waals surface area contributed by atoms with E-state index in [9.17, 15) is 4.79 Å². The molecule has 0 bridgehead atoms. The quantitative estimate of drug-likeness (QED) is 0.559. The molecule has 0 radical (unpaired) electrons. The standard InChI is InChI=1S/C11H19N3OS/c1-7-5-14-9(8(2)10(7)15)6-16-11(12-3)13-4/h7,14H,5-6H2,1-4H3,(H,12,13). The monoisotopic (exact) mass is 241 g/mol. The van der Waals surface area contributed by atoms with Crippen molar-refractivity contribution in [3.63, 3.8) is 0 Å². The topological polar surface area (TPSA) is 53.5 Å². The Morgan fingerprint density at radius 3 is 2.94 bits per heavy atom. The van der Waals surface area contributed by atoms with Gasteiger partial charge >= 0.3 is 0 Å². The molecule has 1 heterocycles. The number of aliphatic imine (C=N–C) groups is 1. The lowest BCUT2D eigenvalue weighted by Crippen LogP contribution is -2.35. The lowest BCUT2D eigenvalue weighted by Gasteiger charge is -2.23. The summed E-state index contributed by atoms with van der Waals surface area (Å²) < 4.78 is 0. The Morgan fingerprint density at radius 1 is 1.69 bits per heavy atom. The van der Waals surface area contributed by atoms with Gasteiger partial charge in [0.15, 0.2) is 11.0 Å². The maximum Gasteiger partial charge on any atom is 0.164 e. The van der Waals surface area contributed by atoms with Gasteiger partial charge in [-0.1, -0.05) is 18.7 Å². The second-order valence-electron chi connectivity index (χ2n) is 3.82. The van der Waals surface area contributed by atoms with E-state index in [0.29, 0.717) is 0 Å². The second kappa shape index (κ2) is 5.94. The van der Waals surface area contributed by atoms with Gasteiger partial charge in [0.25, 0.3) is 0 Å². The lowest BCUT2D eigenvalue weighted by molar-refractivity contribution is -0.119. The third kappa shape index (κ3) is 3.01. The number of carbonyl (C=O) groups excluding carboxylic acids is 1. The summed E-state index contributed by atoms with van der Waals surface area (Å²) in [5, 5.41) is 7.19. The van der Waals surface area contributed by atoms with E-state index in [1.165, 1.54) is 0 Å². The highest BCUT2D eigenvalue weighted by molar-refractivity contribution is 8.13. The van der Waals surface area contributed by atoms with Crippen LogP contribution in [0.15, 0.2) is 16.3 Å². The third-order valence-electron chi connectivity index (χ3n) is 2.66. The first-order valence-corrected chi connectivity index (χ1v) is 6.33. The van der Waals surface area contributed by atoms with Gasteiger partial charge < -0.3 is 10.6 Å². The van der Waals surface area contributed by atoms with Crippen molar-refractivity contribution in [2.24, 2.45) is 10.9 Å². The van der Waals surface area contributed by atoms with E-state index in [1.807, 2.05) is 20.9 Å². The smallest absolute Gasteiger partial charge is 0.164 e. The Hall–Kier alpha value is -0.970. The van der Waals surface area contributed by atoms with Gasteiger partial charge in [0.05, 0.1) is 0 Å². The van der Waals surface area contributed by atoms with Crippen LogP contribution in [-0.2, 0) is 4.79 Å². The normalized spacial score (nSPS) is 22.1. The van der Waals surface area contributed by atoms with Crippen LogP contribution in [0.5, 0.6) is 0 Å². The second-order valence-corrected chi connectivity index (χ2v) is 4.78. The van der Waals surface area contributed by atoms with Crippen molar-refractivity contribution >= 4 is 22.7 Å². The zero-order chi connectivity index (χ0) is 12.1. The number of nitrogens with one attached hydrogen (secondary N) is 2. The van der Waals surface area contributed by atoms with Gasteiger partial charge in [0, 0.05) is 43.6 Å². The summed E-state index contributed by atoms with van der Waals surface area (Å²) in [5.41, 5.74) is 1.89. The van der Waals surface area contributed by atoms with Crippen LogP contribution in [-0.4, -0.2) is 37.3 Å². The molecule has 0 saturated carbocycles. The molecule has 5 heteroatoms. The number of carbonyl (C=O) groups is 1. The van der Waals surface area contributed by atoms with Crippen molar-refractivity contribution in [1.82, 2.24) is 10.6 Å². The van der Waals surface area contributed by atoms with Gasteiger partial charge in [-0.15, -0.1) is 0 Å². The zero-order valence-electron chi connectivity index (χ0n) is 10.3. The number of allylic oxidation sites excluding steroid dienone is 1. The highest BCUT2D eigenvalue weighted by atomic mass is 32.2. The van der Waals surface area contributed by atoms with E-state index in [1.54, 1.807) is 18.8 Å². The number of rotatable bonds is 2. The summed E-state index contributed by atoms with van der Waals surface area (Å²) in [6.07, 6.45) is 0. The molecule has 0 fully saturated rings. The van der Waals surface area contributed by atoms with Crippen molar-refractivity contribution in [3.05, 3.63) is 11.3 Å². The first-order chi connectivity index (χ1) is 7.60. The molecule has 1 atom stereocenters. The van der Waals surface area contributed by atoms with Crippen LogP contribution >= 0.6 is 11.8 Å². The van der Waals surface area contributed by atoms with Gasteiger partial charge in [-0.2, -0.15) is 0 Å². The average molecular weight is 241 g/mol. The Morgan fingerprint density at radius 2 is 2.38 bits per heavy atom. The van der Waals surface area contributed by atoms with E-state index >= 15 is 0 Å². The first kappa shape index (κ1) is 13.1. The summed E-state index contributed by atoms with van der Waals surface area (Å²) in [4.78, 5) is 15.8. The van der Waals surface area contributed by atoms with Crippen molar-refractivity contribution in [2.75, 3.05) is 26.4 Å². The van der Waals surface area contributed by atoms with Crippen LogP contribution in [0.4, 0.5) is 0 Å². The van der Waals surface area contributed by atoms with Crippen LogP contribution in [0.2, 0.25) is 0 Å². The predicted molar refractivity (Wildman–Crippen MR) is 69.8 cm³/mol. The summed E-state index contributed by atoms with van der Waals surface area (Å²) >= 11 is 1.60. The SMILES string of the molecule is CN=C(NC)SCC1=C(C)C(=O)C(C)CN1. The summed E-state index contributed by atoms with van der Waals surface area (Å²) in [7, 11) is 3.60. The Bertz CT molecular complexity index is 336. The van der Waals surface area contributed by atoms with Crippen LogP contribution in [0.25, 0.3) is 0 Å². The lowest BCUT2D eigenvalue weighted by atomic mass is 9.95. The molecule has 0 saturated heterocycles. The number of amidine groups is 1. The van der Waals surface area contributed by atoms with Crippen LogP contribution in [0.3, 0.4) is 0 Å². The van der Waals surface area contributed by atoms with E-state index in [4.69, 9.17) is 0 Å². The molecule has 0 aromatic rings. The molecule has 1 rings (SSSR count). The molecule has 0 aromatic heterocycles. The summed E-state index contributed by atoms with van der Waals surface area (Å²) in [5.74, 6) is 1.11. The van der Waals surface area contributed by atoms with Crippen molar-refractivity contribution in [2.45, 2.75) is 13.8 Å². The van der Waals surface area contributed by atoms with E-state index in [2.05, 4.69) is 15.6 Å². The molecular weight excluding hydrogens is 222 g/mol. The largest absolute Gasteiger partial charge is 0.387 e. The van der Waals surface area contributed by atoms with E-state index < -0.39 is 0 Å². The molecule has 16 heavy (non-hydrogen) atoms. The molecule has 0 aliphatic carbocycles. The number of nitrogens with zero attached hydrogens (tertiary/aromatic N) is 1. The predicted octanol–water partition coefficient (Wildman–Crippen LogP) is 1.01. The van der Waals surface area contributed by atoms with Crippen molar-refractivity contribution < 1.29 is 4.79 Å². The minimum atomic E-state index is 0.0948. The molecule has 0 amide bonds. The fraction of sp³-hybridized carbons (Fsp3) is 0.636. The van der Waals surface area contributed by atoms with E-state index in [-0.39, 0.29) is 11.7 Å². The van der Waals surface area contributed by atoms with Crippen molar-refractivity contribution in [3.8, 4) is 0 Å². The van der Waals surface area contributed by atoms with Crippen LogP contribution < -0.4 is 10.6 Å². The first-order valence-electron chi connectivity index (χ1n) is 5.35. The molecule has 1 aliphatic heterocycles. The van der Waals surface area contributed by atoms with Gasteiger partial charge in [0.2, 0.25) is 0 Å². The molecular formula is C11H19N3OS. The van der Waals surface area contributed by atoms with Gasteiger partial charge in [-0.05, 0) is 6.92 Å². The molecule has 1 aliphatic rings. The molecule has 90 valence electrons. The minimum absolute atomic E-state index is 0.0948. The number of thioether (sulfide) groups is 1. The highest BCUT2D eigenvalue weighted by Gasteiger charge is 2.23. The van der Waals surface area contributed by atoms with Crippen LogP contribution in [0.1, 0.15) is 13.8 Å². The third-order valence-corrected chi connectivity index (χ3v) is 3.75. The molecule has 0 aromatic carbocycles. The Balaban J connectivity index is 2.64. The zero-order valence-corrected chi connectivity index (χ0v) is 11.1. The number of ketones is 1. The highest BCUT2D eigenvalue weighted by Crippen LogP contribution is 2.18. The van der Waals surface area contributed by atoms with Gasteiger partial charge in [-0.3, -0.25) is 9.79 Å². The maximum atomic E-state index is 11.8. The summed E-state index contributed by atoms with van der Waals surface area (Å²) in [6, 6.07) is 0. The number of Topliss-reactive ketones (excluding diaryl/α,β-unsaturated/α-hetero) is 1.